The van der Waals surface area contributed by atoms with Gasteiger partial charge in [-0.25, -0.2) is 14.6 Å². The summed E-state index contributed by atoms with van der Waals surface area (Å²) in [4.78, 5) is 21.9. The van der Waals surface area contributed by atoms with Crippen molar-refractivity contribution in [3.05, 3.63) is 78.4 Å². The number of nitrogens with zero attached hydrogens (tertiary/aromatic N) is 6. The molecule has 1 amide bonds. The molecule has 170 valence electrons. The van der Waals surface area contributed by atoms with Crippen molar-refractivity contribution in [2.45, 2.75) is 6.92 Å². The SMILES string of the molecule is COc1cc(OC)cc(C(=O)Nc2cc(C)nn2-c2ncnc3c2cnn3-c2ccccc2)c1. The van der Waals surface area contributed by atoms with E-state index in [1.54, 1.807) is 39.8 Å². The van der Waals surface area contributed by atoms with E-state index in [9.17, 15) is 4.79 Å². The third kappa shape index (κ3) is 3.81. The van der Waals surface area contributed by atoms with Gasteiger partial charge in [-0.15, -0.1) is 0 Å². The van der Waals surface area contributed by atoms with E-state index in [2.05, 4.69) is 25.5 Å². The van der Waals surface area contributed by atoms with E-state index in [4.69, 9.17) is 9.47 Å². The summed E-state index contributed by atoms with van der Waals surface area (Å²) in [5.74, 6) is 1.64. The first-order valence-electron chi connectivity index (χ1n) is 10.4. The number of fused-ring (bicyclic) bond motifs is 1. The molecule has 0 aliphatic heterocycles. The summed E-state index contributed by atoms with van der Waals surface area (Å²) in [6, 6.07) is 16.4. The van der Waals surface area contributed by atoms with Crippen LogP contribution in [0.2, 0.25) is 0 Å². The second-order valence-electron chi connectivity index (χ2n) is 7.46. The lowest BCUT2D eigenvalue weighted by atomic mass is 10.2. The van der Waals surface area contributed by atoms with Gasteiger partial charge in [0, 0.05) is 17.7 Å². The van der Waals surface area contributed by atoms with Crippen molar-refractivity contribution in [2.24, 2.45) is 0 Å². The molecule has 3 heterocycles. The average Bonchev–Trinajstić information content (AvgIpc) is 3.47. The number of hydrogen-bond donors (Lipinski definition) is 1. The lowest BCUT2D eigenvalue weighted by Gasteiger charge is -2.11. The molecule has 5 rings (SSSR count). The maximum atomic E-state index is 13.1. The minimum absolute atomic E-state index is 0.344. The monoisotopic (exact) mass is 455 g/mol. The normalized spacial score (nSPS) is 10.9. The first-order valence-corrected chi connectivity index (χ1v) is 10.4. The first-order chi connectivity index (χ1) is 16.6. The van der Waals surface area contributed by atoms with Crippen molar-refractivity contribution >= 4 is 22.8 Å². The zero-order valence-electron chi connectivity index (χ0n) is 18.8. The fraction of sp³-hybridized carbons (Fsp3) is 0.125. The van der Waals surface area contributed by atoms with Crippen LogP contribution in [0.1, 0.15) is 16.1 Å². The van der Waals surface area contributed by atoms with E-state index < -0.39 is 0 Å². The molecule has 10 heteroatoms. The van der Waals surface area contributed by atoms with Gasteiger partial charge in [-0.2, -0.15) is 14.9 Å². The predicted molar refractivity (Wildman–Crippen MR) is 126 cm³/mol. The van der Waals surface area contributed by atoms with Gasteiger partial charge in [-0.3, -0.25) is 4.79 Å². The molecule has 0 aliphatic carbocycles. The highest BCUT2D eigenvalue weighted by Gasteiger charge is 2.19. The number of benzene rings is 2. The fourth-order valence-corrected chi connectivity index (χ4v) is 3.64. The van der Waals surface area contributed by atoms with Crippen LogP contribution in [-0.4, -0.2) is 49.7 Å². The Kier molecular flexibility index (Phi) is 5.38. The smallest absolute Gasteiger partial charge is 0.257 e. The van der Waals surface area contributed by atoms with Crippen molar-refractivity contribution in [3.63, 3.8) is 0 Å². The number of carbonyl (C=O) groups is 1. The molecule has 3 aromatic heterocycles. The molecule has 5 aromatic rings. The van der Waals surface area contributed by atoms with E-state index in [0.29, 0.717) is 45.4 Å². The van der Waals surface area contributed by atoms with Crippen molar-refractivity contribution in [1.29, 1.82) is 0 Å². The Morgan fingerprint density at radius 1 is 0.941 bits per heavy atom. The maximum absolute atomic E-state index is 13.1. The van der Waals surface area contributed by atoms with Gasteiger partial charge >= 0.3 is 0 Å². The van der Waals surface area contributed by atoms with Crippen molar-refractivity contribution < 1.29 is 14.3 Å². The third-order valence-corrected chi connectivity index (χ3v) is 5.23. The van der Waals surface area contributed by atoms with Gasteiger partial charge in [0.1, 0.15) is 23.6 Å². The number of anilines is 1. The molecule has 0 saturated heterocycles. The van der Waals surface area contributed by atoms with E-state index in [1.165, 1.54) is 20.5 Å². The number of hydrogen-bond acceptors (Lipinski definition) is 7. The summed E-state index contributed by atoms with van der Waals surface area (Å²) >= 11 is 0. The van der Waals surface area contributed by atoms with Crippen LogP contribution in [0, 0.1) is 6.92 Å². The van der Waals surface area contributed by atoms with Crippen molar-refractivity contribution in [1.82, 2.24) is 29.5 Å². The summed E-state index contributed by atoms with van der Waals surface area (Å²) < 4.78 is 13.9. The molecular formula is C24H21N7O3. The third-order valence-electron chi connectivity index (χ3n) is 5.23. The summed E-state index contributed by atoms with van der Waals surface area (Å²) in [5.41, 5.74) is 2.59. The molecule has 2 aromatic carbocycles. The van der Waals surface area contributed by atoms with Gasteiger partial charge in [-0.1, -0.05) is 18.2 Å². The van der Waals surface area contributed by atoms with E-state index in [-0.39, 0.29) is 5.91 Å². The first kappa shape index (κ1) is 21.1. The number of aromatic nitrogens is 6. The summed E-state index contributed by atoms with van der Waals surface area (Å²) in [6.45, 7) is 1.84. The molecule has 0 saturated carbocycles. The molecule has 0 atom stereocenters. The highest BCUT2D eigenvalue weighted by molar-refractivity contribution is 6.04. The standard InChI is InChI=1S/C24H21N7O3/c1-15-9-21(28-24(32)16-10-18(33-2)12-19(11-16)34-3)31(29-15)23-20-13-27-30(22(20)25-14-26-23)17-7-5-4-6-8-17/h4-14H,1-3H3,(H,28,32). The van der Waals surface area contributed by atoms with Gasteiger partial charge in [-0.05, 0) is 31.2 Å². The molecule has 0 spiro atoms. The molecule has 0 bridgehead atoms. The minimum atomic E-state index is -0.344. The summed E-state index contributed by atoms with van der Waals surface area (Å²) in [5, 5.41) is 12.6. The van der Waals surface area contributed by atoms with Gasteiger partial charge < -0.3 is 14.8 Å². The molecule has 34 heavy (non-hydrogen) atoms. The molecule has 0 radical (unpaired) electrons. The lowest BCUT2D eigenvalue weighted by Crippen LogP contribution is -2.16. The Labute approximate surface area is 194 Å². The predicted octanol–water partition coefficient (Wildman–Crippen LogP) is 3.58. The van der Waals surface area contributed by atoms with E-state index >= 15 is 0 Å². The number of para-hydroxylation sites is 1. The second-order valence-corrected chi connectivity index (χ2v) is 7.46. The fourth-order valence-electron chi connectivity index (χ4n) is 3.64. The second kappa shape index (κ2) is 8.66. The highest BCUT2D eigenvalue weighted by atomic mass is 16.5. The number of aryl methyl sites for hydroxylation is 1. The molecule has 10 nitrogen and oxygen atoms in total. The minimum Gasteiger partial charge on any atom is -0.497 e. The van der Waals surface area contributed by atoms with E-state index in [0.717, 1.165) is 5.69 Å². The average molecular weight is 455 g/mol. The Bertz CT molecular complexity index is 1470. The van der Waals surface area contributed by atoms with Gasteiger partial charge in [0.05, 0.1) is 37.2 Å². The van der Waals surface area contributed by atoms with Gasteiger partial charge in [0.15, 0.2) is 11.5 Å². The van der Waals surface area contributed by atoms with Crippen LogP contribution in [0.5, 0.6) is 11.5 Å². The Morgan fingerprint density at radius 3 is 2.38 bits per heavy atom. The van der Waals surface area contributed by atoms with Crippen LogP contribution in [0.25, 0.3) is 22.5 Å². The van der Waals surface area contributed by atoms with Crippen molar-refractivity contribution in [3.8, 4) is 23.0 Å². The quantitative estimate of drug-likeness (QED) is 0.417. The lowest BCUT2D eigenvalue weighted by molar-refractivity contribution is 0.102. The van der Waals surface area contributed by atoms with Crippen LogP contribution in [0.3, 0.4) is 0 Å². The number of amides is 1. The number of rotatable bonds is 6. The van der Waals surface area contributed by atoms with Crippen LogP contribution in [0.15, 0.2) is 67.1 Å². The number of methoxy groups -OCH3 is 2. The van der Waals surface area contributed by atoms with Gasteiger partial charge in [0.2, 0.25) is 0 Å². The Hall–Kier alpha value is -4.73. The zero-order chi connectivity index (χ0) is 23.7. The zero-order valence-corrected chi connectivity index (χ0v) is 18.8. The summed E-state index contributed by atoms with van der Waals surface area (Å²) in [6.07, 6.45) is 3.14. The Morgan fingerprint density at radius 2 is 1.68 bits per heavy atom. The molecular weight excluding hydrogens is 434 g/mol. The number of ether oxygens (including phenoxy) is 2. The number of nitrogens with one attached hydrogen (secondary N) is 1. The molecule has 0 unspecified atom stereocenters. The maximum Gasteiger partial charge on any atom is 0.257 e. The summed E-state index contributed by atoms with van der Waals surface area (Å²) in [7, 11) is 3.07. The highest BCUT2D eigenvalue weighted by Crippen LogP contribution is 2.26. The Balaban J connectivity index is 1.54. The van der Waals surface area contributed by atoms with Crippen LogP contribution < -0.4 is 14.8 Å². The largest absolute Gasteiger partial charge is 0.497 e. The van der Waals surface area contributed by atoms with E-state index in [1.807, 2.05) is 37.3 Å². The molecule has 0 fully saturated rings. The topological polar surface area (TPSA) is 109 Å². The number of carbonyl (C=O) groups excluding carboxylic acids is 1. The van der Waals surface area contributed by atoms with Crippen LogP contribution in [0.4, 0.5) is 5.82 Å². The van der Waals surface area contributed by atoms with Crippen LogP contribution >= 0.6 is 0 Å². The van der Waals surface area contributed by atoms with Gasteiger partial charge in [0.25, 0.3) is 5.91 Å². The van der Waals surface area contributed by atoms with Crippen LogP contribution in [-0.2, 0) is 0 Å². The van der Waals surface area contributed by atoms with Crippen molar-refractivity contribution in [2.75, 3.05) is 19.5 Å². The molecule has 0 aliphatic rings. The molecule has 1 N–H and O–H groups in total.